The van der Waals surface area contributed by atoms with Crippen LogP contribution in [0, 0.1) is 6.92 Å². The van der Waals surface area contributed by atoms with Gasteiger partial charge in [-0.15, -0.1) is 0 Å². The largest absolute Gasteiger partial charge is 0.462 e. The number of nitrogens with zero attached hydrogens (tertiary/aromatic N) is 1. The first kappa shape index (κ1) is 16.2. The summed E-state index contributed by atoms with van der Waals surface area (Å²) in [4.78, 5) is 17.1. The van der Waals surface area contributed by atoms with Gasteiger partial charge in [0, 0.05) is 5.39 Å². The van der Waals surface area contributed by atoms with Crippen LogP contribution in [0.5, 0.6) is 0 Å². The van der Waals surface area contributed by atoms with Crippen LogP contribution < -0.4 is 0 Å². The first-order valence-corrected chi connectivity index (χ1v) is 8.30. The fraction of sp³-hybridized carbons (Fsp3) is 0.238. The summed E-state index contributed by atoms with van der Waals surface area (Å²) in [6.07, 6.45) is 1.66. The van der Waals surface area contributed by atoms with Gasteiger partial charge in [-0.05, 0) is 43.9 Å². The molecule has 2 aromatic carbocycles. The summed E-state index contributed by atoms with van der Waals surface area (Å²) < 4.78 is 5.27. The van der Waals surface area contributed by atoms with Gasteiger partial charge in [0.2, 0.25) is 0 Å². The summed E-state index contributed by atoms with van der Waals surface area (Å²) in [7, 11) is 0. The number of esters is 1. The Kier molecular flexibility index (Phi) is 4.90. The van der Waals surface area contributed by atoms with Crippen LogP contribution in [0.25, 0.3) is 10.9 Å². The first-order valence-electron chi connectivity index (χ1n) is 8.30. The molecule has 0 aliphatic rings. The van der Waals surface area contributed by atoms with Gasteiger partial charge in [-0.2, -0.15) is 0 Å². The Balaban J connectivity index is 2.07. The van der Waals surface area contributed by atoms with Crippen LogP contribution in [-0.4, -0.2) is 17.6 Å². The van der Waals surface area contributed by atoms with E-state index in [1.54, 1.807) is 0 Å². The minimum absolute atomic E-state index is 0.281. The second-order valence-corrected chi connectivity index (χ2v) is 5.77. The molecule has 3 rings (SSSR count). The number of aromatic nitrogens is 1. The van der Waals surface area contributed by atoms with Crippen molar-refractivity contribution in [1.29, 1.82) is 0 Å². The molecule has 0 saturated heterocycles. The lowest BCUT2D eigenvalue weighted by atomic mass is 9.95. The Hall–Kier alpha value is -2.68. The minimum atomic E-state index is -0.281. The topological polar surface area (TPSA) is 39.2 Å². The quantitative estimate of drug-likeness (QED) is 0.650. The maximum absolute atomic E-state index is 12.5. The van der Waals surface area contributed by atoms with Crippen molar-refractivity contribution in [2.24, 2.45) is 0 Å². The number of benzene rings is 2. The number of hydrogen-bond acceptors (Lipinski definition) is 3. The summed E-state index contributed by atoms with van der Waals surface area (Å²) in [6, 6.07) is 18.3. The van der Waals surface area contributed by atoms with Gasteiger partial charge < -0.3 is 4.74 Å². The van der Waals surface area contributed by atoms with Crippen molar-refractivity contribution in [2.75, 3.05) is 6.61 Å². The standard InChI is InChI=1S/C21H21NO2/c1-3-24-21(23)20-15(2)22-19-12-8-7-11-17(19)18(20)14-13-16-9-5-4-6-10-16/h4-12H,3,13-14H2,1-2H3. The number of hydrogen-bond donors (Lipinski definition) is 0. The van der Waals surface area contributed by atoms with Crippen LogP contribution in [0.1, 0.15) is 34.1 Å². The van der Waals surface area contributed by atoms with Crippen molar-refractivity contribution in [3.63, 3.8) is 0 Å². The molecule has 0 fully saturated rings. The lowest BCUT2D eigenvalue weighted by Crippen LogP contribution is -2.13. The van der Waals surface area contributed by atoms with E-state index >= 15 is 0 Å². The third kappa shape index (κ3) is 3.30. The highest BCUT2D eigenvalue weighted by molar-refractivity contribution is 5.98. The fourth-order valence-electron chi connectivity index (χ4n) is 3.06. The van der Waals surface area contributed by atoms with Crippen LogP contribution in [-0.2, 0) is 17.6 Å². The smallest absolute Gasteiger partial charge is 0.340 e. The van der Waals surface area contributed by atoms with Gasteiger partial charge in [0.05, 0.1) is 23.4 Å². The predicted octanol–water partition coefficient (Wildman–Crippen LogP) is 4.51. The average molecular weight is 319 g/mol. The van der Waals surface area contributed by atoms with Gasteiger partial charge in [-0.25, -0.2) is 4.79 Å². The number of pyridine rings is 1. The maximum Gasteiger partial charge on any atom is 0.340 e. The Morgan fingerprint density at radius 2 is 1.71 bits per heavy atom. The van der Waals surface area contributed by atoms with Crippen molar-refractivity contribution in [2.45, 2.75) is 26.7 Å². The summed E-state index contributed by atoms with van der Waals surface area (Å²) in [5.41, 5.74) is 4.55. The molecule has 0 radical (unpaired) electrons. The fourth-order valence-corrected chi connectivity index (χ4v) is 3.06. The highest BCUT2D eigenvalue weighted by atomic mass is 16.5. The van der Waals surface area contributed by atoms with Crippen molar-refractivity contribution in [3.05, 3.63) is 77.0 Å². The Labute approximate surface area is 142 Å². The molecule has 0 amide bonds. The molecule has 0 bridgehead atoms. The molecule has 0 aliphatic heterocycles. The molecule has 3 nitrogen and oxygen atoms in total. The van der Waals surface area contributed by atoms with Gasteiger partial charge in [-0.3, -0.25) is 4.98 Å². The zero-order valence-corrected chi connectivity index (χ0v) is 14.1. The number of para-hydroxylation sites is 1. The molecule has 0 atom stereocenters. The molecule has 1 aromatic heterocycles. The third-order valence-electron chi connectivity index (χ3n) is 4.17. The van der Waals surface area contributed by atoms with Crippen molar-refractivity contribution >= 4 is 16.9 Å². The van der Waals surface area contributed by atoms with E-state index in [1.165, 1.54) is 5.56 Å². The molecule has 1 heterocycles. The highest BCUT2D eigenvalue weighted by Crippen LogP contribution is 2.25. The highest BCUT2D eigenvalue weighted by Gasteiger charge is 2.19. The van der Waals surface area contributed by atoms with Gasteiger partial charge in [0.1, 0.15) is 0 Å². The van der Waals surface area contributed by atoms with E-state index in [0.717, 1.165) is 35.0 Å². The van der Waals surface area contributed by atoms with Crippen LogP contribution in [0.2, 0.25) is 0 Å². The molecule has 3 aromatic rings. The molecule has 0 spiro atoms. The number of carbonyl (C=O) groups excluding carboxylic acids is 1. The SMILES string of the molecule is CCOC(=O)c1c(C)nc2ccccc2c1CCc1ccccc1. The van der Waals surface area contributed by atoms with Crippen molar-refractivity contribution in [3.8, 4) is 0 Å². The molecule has 3 heteroatoms. The average Bonchev–Trinajstić information content (AvgIpc) is 2.60. The number of aryl methyl sites for hydroxylation is 3. The number of rotatable bonds is 5. The van der Waals surface area contributed by atoms with E-state index in [-0.39, 0.29) is 5.97 Å². The van der Waals surface area contributed by atoms with E-state index in [2.05, 4.69) is 17.1 Å². The van der Waals surface area contributed by atoms with E-state index in [4.69, 9.17) is 4.74 Å². The van der Waals surface area contributed by atoms with E-state index in [0.29, 0.717) is 12.2 Å². The predicted molar refractivity (Wildman–Crippen MR) is 96.3 cm³/mol. The van der Waals surface area contributed by atoms with Gasteiger partial charge in [0.25, 0.3) is 0 Å². The molecular weight excluding hydrogens is 298 g/mol. The summed E-state index contributed by atoms with van der Waals surface area (Å²) in [5, 5.41) is 1.03. The second-order valence-electron chi connectivity index (χ2n) is 5.77. The van der Waals surface area contributed by atoms with Crippen LogP contribution in [0.15, 0.2) is 54.6 Å². The zero-order chi connectivity index (χ0) is 16.9. The third-order valence-corrected chi connectivity index (χ3v) is 4.17. The van der Waals surface area contributed by atoms with Crippen LogP contribution >= 0.6 is 0 Å². The minimum Gasteiger partial charge on any atom is -0.462 e. The Morgan fingerprint density at radius 1 is 1.00 bits per heavy atom. The lowest BCUT2D eigenvalue weighted by molar-refractivity contribution is 0.0524. The number of fused-ring (bicyclic) bond motifs is 1. The zero-order valence-electron chi connectivity index (χ0n) is 14.1. The van der Waals surface area contributed by atoms with E-state index in [9.17, 15) is 4.79 Å². The molecule has 122 valence electrons. The molecule has 0 saturated carbocycles. The lowest BCUT2D eigenvalue weighted by Gasteiger charge is -2.14. The number of carbonyl (C=O) groups is 1. The Morgan fingerprint density at radius 3 is 2.46 bits per heavy atom. The van der Waals surface area contributed by atoms with Gasteiger partial charge >= 0.3 is 5.97 Å². The first-order chi connectivity index (χ1) is 11.7. The van der Waals surface area contributed by atoms with Gasteiger partial charge in [-0.1, -0.05) is 48.5 Å². The molecular formula is C21H21NO2. The Bertz CT molecular complexity index is 856. The van der Waals surface area contributed by atoms with Crippen molar-refractivity contribution in [1.82, 2.24) is 4.98 Å². The van der Waals surface area contributed by atoms with E-state index in [1.807, 2.05) is 56.3 Å². The van der Waals surface area contributed by atoms with Crippen molar-refractivity contribution < 1.29 is 9.53 Å². The number of ether oxygens (including phenoxy) is 1. The monoisotopic (exact) mass is 319 g/mol. The van der Waals surface area contributed by atoms with Crippen LogP contribution in [0.3, 0.4) is 0 Å². The normalized spacial score (nSPS) is 10.8. The van der Waals surface area contributed by atoms with Gasteiger partial charge in [0.15, 0.2) is 0 Å². The van der Waals surface area contributed by atoms with Crippen LogP contribution in [0.4, 0.5) is 0 Å². The summed E-state index contributed by atoms with van der Waals surface area (Å²) in [5.74, 6) is -0.281. The molecule has 0 aliphatic carbocycles. The molecule has 0 N–H and O–H groups in total. The maximum atomic E-state index is 12.5. The summed E-state index contributed by atoms with van der Waals surface area (Å²) >= 11 is 0. The molecule has 24 heavy (non-hydrogen) atoms. The molecule has 0 unspecified atom stereocenters. The van der Waals surface area contributed by atoms with E-state index < -0.39 is 0 Å². The second kappa shape index (κ2) is 7.26. The summed E-state index contributed by atoms with van der Waals surface area (Å²) in [6.45, 7) is 4.07.